The molecular weight excluding hydrogens is 336 g/mol. The molecule has 1 atom stereocenters. The summed E-state index contributed by atoms with van der Waals surface area (Å²) in [6.07, 6.45) is 12.0. The minimum Gasteiger partial charge on any atom is -0.351 e. The molecule has 1 unspecified atom stereocenters. The Bertz CT molecular complexity index is 702. The fraction of sp³-hybridized carbons (Fsp3) is 0.652. The van der Waals surface area contributed by atoms with Crippen LogP contribution in [0.25, 0.3) is 0 Å². The van der Waals surface area contributed by atoms with Gasteiger partial charge in [0.15, 0.2) is 0 Å². The van der Waals surface area contributed by atoms with E-state index in [0.29, 0.717) is 6.42 Å². The van der Waals surface area contributed by atoms with Crippen LogP contribution < -0.4 is 5.32 Å². The molecule has 4 heteroatoms. The third kappa shape index (κ3) is 3.51. The Balaban J connectivity index is 1.64. The first-order valence-corrected chi connectivity index (χ1v) is 10.8. The zero-order chi connectivity index (χ0) is 18.9. The minimum atomic E-state index is -0.785. The Morgan fingerprint density at radius 2 is 1.63 bits per heavy atom. The van der Waals surface area contributed by atoms with Crippen LogP contribution in [0.5, 0.6) is 0 Å². The Kier molecular flexibility index (Phi) is 5.25. The quantitative estimate of drug-likeness (QED) is 0.812. The first-order valence-electron chi connectivity index (χ1n) is 10.8. The number of rotatable bonds is 3. The fourth-order valence-corrected chi connectivity index (χ4v) is 5.38. The summed E-state index contributed by atoms with van der Waals surface area (Å²) in [6.45, 7) is 1.99. The minimum absolute atomic E-state index is 0.0438. The number of carbonyl (C=O) groups excluding carboxylic acids is 2. The molecule has 0 bridgehead atoms. The first kappa shape index (κ1) is 18.5. The second-order valence-electron chi connectivity index (χ2n) is 8.88. The van der Waals surface area contributed by atoms with Crippen LogP contribution in [0.3, 0.4) is 0 Å². The molecular formula is C23H32N2O2. The molecule has 2 saturated carbocycles. The average molecular weight is 369 g/mol. The first-order chi connectivity index (χ1) is 13.1. The number of carbonyl (C=O) groups is 2. The summed E-state index contributed by atoms with van der Waals surface area (Å²) in [6, 6.07) is 8.28. The van der Waals surface area contributed by atoms with E-state index >= 15 is 0 Å². The molecule has 27 heavy (non-hydrogen) atoms. The van der Waals surface area contributed by atoms with Gasteiger partial charge in [0.1, 0.15) is 5.54 Å². The Hall–Kier alpha value is -1.84. The molecule has 2 fully saturated rings. The van der Waals surface area contributed by atoms with E-state index in [9.17, 15) is 9.59 Å². The summed E-state index contributed by atoms with van der Waals surface area (Å²) < 4.78 is 0. The lowest BCUT2D eigenvalue weighted by atomic mass is 9.81. The maximum Gasteiger partial charge on any atom is 0.255 e. The van der Waals surface area contributed by atoms with E-state index in [0.717, 1.165) is 49.7 Å². The summed E-state index contributed by atoms with van der Waals surface area (Å²) in [4.78, 5) is 28.9. The van der Waals surface area contributed by atoms with Crippen LogP contribution in [0.2, 0.25) is 0 Å². The lowest BCUT2D eigenvalue weighted by Gasteiger charge is -2.47. The standard InChI is InChI=1S/C23H32N2O2/c1-23(22(27)24-18-11-4-2-3-5-12-18)16-17-10-6-9-15-20(17)21(26)25(23)19-13-7-8-14-19/h6,9-10,15,18-19H,2-5,7-8,11-14,16H2,1H3,(H,24,27). The van der Waals surface area contributed by atoms with Crippen LogP contribution in [0, 0.1) is 0 Å². The summed E-state index contributed by atoms with van der Waals surface area (Å²) in [5.41, 5.74) is 1.01. The molecule has 4 nitrogen and oxygen atoms in total. The molecule has 3 aliphatic rings. The topological polar surface area (TPSA) is 49.4 Å². The van der Waals surface area contributed by atoms with Crippen molar-refractivity contribution in [1.29, 1.82) is 0 Å². The third-order valence-electron chi connectivity index (χ3n) is 6.90. The van der Waals surface area contributed by atoms with Gasteiger partial charge in [-0.2, -0.15) is 0 Å². The molecule has 146 valence electrons. The van der Waals surface area contributed by atoms with E-state index < -0.39 is 5.54 Å². The zero-order valence-corrected chi connectivity index (χ0v) is 16.5. The number of hydrogen-bond acceptors (Lipinski definition) is 2. The van der Waals surface area contributed by atoms with Crippen molar-refractivity contribution in [2.45, 2.75) is 95.2 Å². The lowest BCUT2D eigenvalue weighted by Crippen LogP contribution is -2.65. The number of fused-ring (bicyclic) bond motifs is 1. The predicted molar refractivity (Wildman–Crippen MR) is 107 cm³/mol. The summed E-state index contributed by atoms with van der Waals surface area (Å²) in [7, 11) is 0. The molecule has 4 rings (SSSR count). The van der Waals surface area contributed by atoms with Crippen molar-refractivity contribution in [2.24, 2.45) is 0 Å². The average Bonchev–Trinajstić information content (AvgIpc) is 3.05. The van der Waals surface area contributed by atoms with E-state index in [1.807, 2.05) is 36.1 Å². The van der Waals surface area contributed by atoms with Crippen LogP contribution in [-0.4, -0.2) is 34.3 Å². The third-order valence-corrected chi connectivity index (χ3v) is 6.90. The Morgan fingerprint density at radius 3 is 2.33 bits per heavy atom. The van der Waals surface area contributed by atoms with Gasteiger partial charge in [-0.3, -0.25) is 9.59 Å². The Labute approximate surface area is 162 Å². The molecule has 1 heterocycles. The molecule has 0 radical (unpaired) electrons. The normalized spacial score (nSPS) is 27.3. The lowest BCUT2D eigenvalue weighted by molar-refractivity contribution is -0.133. The van der Waals surface area contributed by atoms with Gasteiger partial charge in [-0.1, -0.05) is 56.7 Å². The Morgan fingerprint density at radius 1 is 1.00 bits per heavy atom. The number of hydrogen-bond donors (Lipinski definition) is 1. The highest BCUT2D eigenvalue weighted by Crippen LogP contribution is 2.37. The zero-order valence-electron chi connectivity index (χ0n) is 16.5. The maximum absolute atomic E-state index is 13.5. The van der Waals surface area contributed by atoms with Gasteiger partial charge in [-0.15, -0.1) is 0 Å². The van der Waals surface area contributed by atoms with Crippen molar-refractivity contribution in [3.05, 3.63) is 35.4 Å². The van der Waals surface area contributed by atoms with Crippen LogP contribution >= 0.6 is 0 Å². The largest absolute Gasteiger partial charge is 0.351 e. The van der Waals surface area contributed by atoms with Crippen molar-refractivity contribution in [3.8, 4) is 0 Å². The van der Waals surface area contributed by atoms with Crippen LogP contribution in [-0.2, 0) is 11.2 Å². The van der Waals surface area contributed by atoms with E-state index in [4.69, 9.17) is 0 Å². The van der Waals surface area contributed by atoms with Gasteiger partial charge in [0, 0.05) is 24.1 Å². The molecule has 1 aromatic rings. The van der Waals surface area contributed by atoms with Gasteiger partial charge >= 0.3 is 0 Å². The predicted octanol–water partition coefficient (Wildman–Crippen LogP) is 4.23. The highest BCUT2D eigenvalue weighted by Gasteiger charge is 2.50. The molecule has 1 aromatic carbocycles. The van der Waals surface area contributed by atoms with Gasteiger partial charge in [0.25, 0.3) is 5.91 Å². The number of amides is 2. The fourth-order valence-electron chi connectivity index (χ4n) is 5.38. The van der Waals surface area contributed by atoms with Crippen molar-refractivity contribution in [3.63, 3.8) is 0 Å². The van der Waals surface area contributed by atoms with Crippen LogP contribution in [0.4, 0.5) is 0 Å². The molecule has 1 N–H and O–H groups in total. The molecule has 0 saturated heterocycles. The highest BCUT2D eigenvalue weighted by atomic mass is 16.2. The second-order valence-corrected chi connectivity index (χ2v) is 8.88. The van der Waals surface area contributed by atoms with Gasteiger partial charge in [-0.05, 0) is 44.2 Å². The van der Waals surface area contributed by atoms with Gasteiger partial charge in [0.05, 0.1) is 0 Å². The maximum atomic E-state index is 13.5. The van der Waals surface area contributed by atoms with E-state index in [2.05, 4.69) is 5.32 Å². The van der Waals surface area contributed by atoms with Crippen LogP contribution in [0.15, 0.2) is 24.3 Å². The molecule has 2 aliphatic carbocycles. The smallest absolute Gasteiger partial charge is 0.255 e. The van der Waals surface area contributed by atoms with Crippen molar-refractivity contribution >= 4 is 11.8 Å². The van der Waals surface area contributed by atoms with Crippen molar-refractivity contribution in [1.82, 2.24) is 10.2 Å². The molecule has 0 aromatic heterocycles. The molecule has 2 amide bonds. The van der Waals surface area contributed by atoms with E-state index in [1.165, 1.54) is 25.7 Å². The second kappa shape index (κ2) is 7.65. The van der Waals surface area contributed by atoms with E-state index in [1.54, 1.807) is 0 Å². The summed E-state index contributed by atoms with van der Waals surface area (Å²) >= 11 is 0. The SMILES string of the molecule is CC1(C(=O)NC2CCCCCC2)Cc2ccccc2C(=O)N1C1CCCC1. The monoisotopic (exact) mass is 368 g/mol. The molecule has 1 aliphatic heterocycles. The van der Waals surface area contributed by atoms with Crippen molar-refractivity contribution < 1.29 is 9.59 Å². The number of benzene rings is 1. The van der Waals surface area contributed by atoms with E-state index in [-0.39, 0.29) is 23.9 Å². The highest BCUT2D eigenvalue weighted by molar-refractivity contribution is 6.02. The summed E-state index contributed by atoms with van der Waals surface area (Å²) in [5.74, 6) is 0.0893. The van der Waals surface area contributed by atoms with Gasteiger partial charge in [0.2, 0.25) is 5.91 Å². The van der Waals surface area contributed by atoms with Crippen molar-refractivity contribution in [2.75, 3.05) is 0 Å². The number of nitrogens with zero attached hydrogens (tertiary/aromatic N) is 1. The molecule has 0 spiro atoms. The van der Waals surface area contributed by atoms with Gasteiger partial charge < -0.3 is 10.2 Å². The van der Waals surface area contributed by atoms with Crippen LogP contribution in [0.1, 0.15) is 87.1 Å². The number of nitrogens with one attached hydrogen (secondary N) is 1. The van der Waals surface area contributed by atoms with Gasteiger partial charge in [-0.25, -0.2) is 0 Å². The summed E-state index contributed by atoms with van der Waals surface area (Å²) in [5, 5.41) is 3.34.